The van der Waals surface area contributed by atoms with Gasteiger partial charge in [-0.15, -0.1) is 0 Å². The molecule has 0 aliphatic carbocycles. The van der Waals surface area contributed by atoms with E-state index in [4.69, 9.17) is 5.41 Å². The van der Waals surface area contributed by atoms with E-state index in [2.05, 4.69) is 5.32 Å². The van der Waals surface area contributed by atoms with Crippen molar-refractivity contribution in [3.05, 3.63) is 0 Å². The van der Waals surface area contributed by atoms with Gasteiger partial charge >= 0.3 is 6.03 Å². The molecule has 3 amide bonds. The number of hydroxylamine groups is 2. The molecule has 0 saturated carbocycles. The summed E-state index contributed by atoms with van der Waals surface area (Å²) >= 11 is 0. The molecule has 0 radical (unpaired) electrons. The lowest BCUT2D eigenvalue weighted by molar-refractivity contribution is -0.119. The largest absolute Gasteiger partial charge is 0.344 e. The molecular formula is C11H18N4O3. The van der Waals surface area contributed by atoms with Gasteiger partial charge in [-0.3, -0.25) is 15.4 Å². The van der Waals surface area contributed by atoms with Gasteiger partial charge in [0.2, 0.25) is 5.91 Å². The number of urea groups is 1. The predicted molar refractivity (Wildman–Crippen MR) is 63.3 cm³/mol. The second-order valence-corrected chi connectivity index (χ2v) is 4.74. The first-order valence-corrected chi connectivity index (χ1v) is 6.21. The first kappa shape index (κ1) is 12.8. The minimum atomic E-state index is -0.475. The van der Waals surface area contributed by atoms with Gasteiger partial charge in [0.1, 0.15) is 5.84 Å². The molecule has 2 rings (SSSR count). The van der Waals surface area contributed by atoms with Crippen molar-refractivity contribution < 1.29 is 14.8 Å². The van der Waals surface area contributed by atoms with Gasteiger partial charge < -0.3 is 10.2 Å². The highest BCUT2D eigenvalue weighted by molar-refractivity contribution is 6.00. The maximum absolute atomic E-state index is 11.7. The van der Waals surface area contributed by atoms with Gasteiger partial charge in [-0.2, -0.15) is 0 Å². The van der Waals surface area contributed by atoms with Crippen molar-refractivity contribution >= 4 is 17.8 Å². The molecule has 18 heavy (non-hydrogen) atoms. The highest BCUT2D eigenvalue weighted by Gasteiger charge is 2.45. The molecule has 2 aliphatic heterocycles. The van der Waals surface area contributed by atoms with Crippen LogP contribution in [0.25, 0.3) is 0 Å². The van der Waals surface area contributed by atoms with Crippen molar-refractivity contribution in [1.82, 2.24) is 15.3 Å². The summed E-state index contributed by atoms with van der Waals surface area (Å²) in [5.41, 5.74) is 0. The van der Waals surface area contributed by atoms with Crippen molar-refractivity contribution in [2.24, 2.45) is 0 Å². The lowest BCUT2D eigenvalue weighted by Gasteiger charge is -2.30. The van der Waals surface area contributed by atoms with Crippen LogP contribution in [-0.4, -0.2) is 51.6 Å². The van der Waals surface area contributed by atoms with Crippen molar-refractivity contribution in [1.29, 1.82) is 5.41 Å². The summed E-state index contributed by atoms with van der Waals surface area (Å²) in [6, 6.07) is -1.07. The summed E-state index contributed by atoms with van der Waals surface area (Å²) in [6.07, 6.45) is 2.34. The number of fused-ring (bicyclic) bond motifs is 2. The number of nitrogens with zero attached hydrogens (tertiary/aromatic N) is 2. The summed E-state index contributed by atoms with van der Waals surface area (Å²) in [7, 11) is 0. The zero-order valence-corrected chi connectivity index (χ0v) is 10.3. The smallest absolute Gasteiger partial charge is 0.313 e. The summed E-state index contributed by atoms with van der Waals surface area (Å²) in [4.78, 5) is 24.6. The average molecular weight is 254 g/mol. The Balaban J connectivity index is 1.99. The molecular weight excluding hydrogens is 236 g/mol. The van der Waals surface area contributed by atoms with Crippen LogP contribution in [0.2, 0.25) is 0 Å². The SMILES string of the molecule is CCCC(=O)NC(=N)[C@@H]1CC[C@@H]2CN1C(=O)N2O. The van der Waals surface area contributed by atoms with Gasteiger partial charge in [-0.1, -0.05) is 6.92 Å². The van der Waals surface area contributed by atoms with E-state index in [-0.39, 0.29) is 17.8 Å². The van der Waals surface area contributed by atoms with Gasteiger partial charge in [0.05, 0.1) is 12.1 Å². The summed E-state index contributed by atoms with van der Waals surface area (Å²) in [5.74, 6) is -0.146. The van der Waals surface area contributed by atoms with E-state index in [1.54, 1.807) is 0 Å². The number of carbonyl (C=O) groups is 2. The molecule has 0 unspecified atom stereocenters. The normalized spacial score (nSPS) is 26.4. The molecule has 7 nitrogen and oxygen atoms in total. The Bertz CT molecular complexity index is 384. The Kier molecular flexibility index (Phi) is 3.51. The molecule has 2 fully saturated rings. The lowest BCUT2D eigenvalue weighted by atomic mass is 10.00. The highest BCUT2D eigenvalue weighted by Crippen LogP contribution is 2.28. The number of hydrogen-bond acceptors (Lipinski definition) is 4. The van der Waals surface area contributed by atoms with E-state index < -0.39 is 12.1 Å². The Morgan fingerprint density at radius 1 is 1.56 bits per heavy atom. The van der Waals surface area contributed by atoms with Crippen molar-refractivity contribution in [3.63, 3.8) is 0 Å². The Hall–Kier alpha value is -1.63. The fraction of sp³-hybridized carbons (Fsp3) is 0.727. The van der Waals surface area contributed by atoms with Crippen molar-refractivity contribution in [2.75, 3.05) is 6.54 Å². The van der Waals surface area contributed by atoms with E-state index in [1.165, 1.54) is 4.90 Å². The Morgan fingerprint density at radius 3 is 2.94 bits per heavy atom. The van der Waals surface area contributed by atoms with Crippen molar-refractivity contribution in [3.8, 4) is 0 Å². The average Bonchev–Trinajstić information content (AvgIpc) is 2.55. The van der Waals surface area contributed by atoms with E-state index in [1.807, 2.05) is 6.92 Å². The first-order chi connectivity index (χ1) is 8.54. The van der Waals surface area contributed by atoms with E-state index >= 15 is 0 Å². The molecule has 0 aromatic carbocycles. The molecule has 2 saturated heterocycles. The van der Waals surface area contributed by atoms with Crippen LogP contribution in [0.1, 0.15) is 32.6 Å². The lowest BCUT2D eigenvalue weighted by Crippen LogP contribution is -2.50. The summed E-state index contributed by atoms with van der Waals surface area (Å²) in [5, 5.41) is 20.6. The molecule has 0 spiro atoms. The van der Waals surface area contributed by atoms with Gasteiger partial charge in [0.25, 0.3) is 0 Å². The molecule has 2 aliphatic rings. The van der Waals surface area contributed by atoms with Crippen molar-refractivity contribution in [2.45, 2.75) is 44.7 Å². The zero-order chi connectivity index (χ0) is 13.3. The summed E-state index contributed by atoms with van der Waals surface area (Å²) < 4.78 is 0. The number of nitrogens with one attached hydrogen (secondary N) is 2. The minimum absolute atomic E-state index is 0.0514. The molecule has 0 aromatic rings. The fourth-order valence-electron chi connectivity index (χ4n) is 2.47. The Morgan fingerprint density at radius 2 is 2.28 bits per heavy atom. The summed E-state index contributed by atoms with van der Waals surface area (Å²) in [6.45, 7) is 2.31. The van der Waals surface area contributed by atoms with Gasteiger partial charge in [-0.05, 0) is 19.3 Å². The number of amides is 3. The molecule has 2 bridgehead atoms. The van der Waals surface area contributed by atoms with Crippen LogP contribution < -0.4 is 5.32 Å². The Labute approximate surface area is 105 Å². The number of rotatable bonds is 3. The van der Waals surface area contributed by atoms with Crippen LogP contribution in [0, 0.1) is 5.41 Å². The van der Waals surface area contributed by atoms with Crippen LogP contribution in [0.4, 0.5) is 4.79 Å². The van der Waals surface area contributed by atoms with Crippen LogP contribution >= 0.6 is 0 Å². The van der Waals surface area contributed by atoms with Gasteiger partial charge in [0.15, 0.2) is 0 Å². The van der Waals surface area contributed by atoms with E-state index in [0.29, 0.717) is 25.8 Å². The third-order valence-corrected chi connectivity index (χ3v) is 3.43. The molecule has 2 atom stereocenters. The second-order valence-electron chi connectivity index (χ2n) is 4.74. The quantitative estimate of drug-likeness (QED) is 0.389. The third-order valence-electron chi connectivity index (χ3n) is 3.43. The molecule has 100 valence electrons. The number of piperidine rings is 1. The zero-order valence-electron chi connectivity index (χ0n) is 10.3. The molecule has 3 N–H and O–H groups in total. The number of hydrogen-bond donors (Lipinski definition) is 3. The predicted octanol–water partition coefficient (Wildman–Crippen LogP) is 0.538. The van der Waals surface area contributed by atoms with Crippen LogP contribution in [0.3, 0.4) is 0 Å². The van der Waals surface area contributed by atoms with E-state index in [9.17, 15) is 14.8 Å². The molecule has 0 aromatic heterocycles. The van der Waals surface area contributed by atoms with Crippen LogP contribution in [-0.2, 0) is 4.79 Å². The standard InChI is InChI=1S/C11H18N4O3/c1-2-3-9(16)13-10(12)8-5-4-7-6-14(8)11(17)15(7)18/h7-8,18H,2-6H2,1H3,(H2,12,13,16)/t7-,8+/m1/s1. The molecule has 7 heteroatoms. The van der Waals surface area contributed by atoms with Gasteiger partial charge in [0, 0.05) is 13.0 Å². The fourth-order valence-corrected chi connectivity index (χ4v) is 2.47. The topological polar surface area (TPSA) is 96.7 Å². The minimum Gasteiger partial charge on any atom is -0.313 e. The highest BCUT2D eigenvalue weighted by atomic mass is 16.5. The maximum Gasteiger partial charge on any atom is 0.344 e. The molecule has 2 heterocycles. The number of amidine groups is 1. The van der Waals surface area contributed by atoms with Gasteiger partial charge in [-0.25, -0.2) is 9.86 Å². The number of carbonyl (C=O) groups excluding carboxylic acids is 2. The maximum atomic E-state index is 11.7. The van der Waals surface area contributed by atoms with Crippen LogP contribution in [0.15, 0.2) is 0 Å². The van der Waals surface area contributed by atoms with E-state index in [0.717, 1.165) is 11.5 Å². The monoisotopic (exact) mass is 254 g/mol. The third kappa shape index (κ3) is 2.17. The second kappa shape index (κ2) is 4.93. The van der Waals surface area contributed by atoms with Crippen LogP contribution in [0.5, 0.6) is 0 Å². The first-order valence-electron chi connectivity index (χ1n) is 6.21.